The van der Waals surface area contributed by atoms with Gasteiger partial charge in [0.15, 0.2) is 0 Å². The molecule has 1 aromatic rings. The van der Waals surface area contributed by atoms with Crippen molar-refractivity contribution in [2.75, 3.05) is 5.73 Å². The number of hydrogen-bond acceptors (Lipinski definition) is 2. The van der Waals surface area contributed by atoms with Crippen LogP contribution >= 0.6 is 0 Å². The molecule has 2 nitrogen and oxygen atoms in total. The van der Waals surface area contributed by atoms with Crippen molar-refractivity contribution in [2.24, 2.45) is 0 Å². The predicted molar refractivity (Wildman–Crippen MR) is 41.7 cm³/mol. The number of anilines is 1. The Balaban J connectivity index is 3.32. The van der Waals surface area contributed by atoms with Crippen LogP contribution in [0.5, 0.6) is 0 Å². The molecule has 1 rings (SSSR count). The van der Waals surface area contributed by atoms with Crippen LogP contribution < -0.4 is 5.73 Å². The number of benzene rings is 1. The second-order valence-electron chi connectivity index (χ2n) is 2.69. The third kappa shape index (κ3) is 1.95. The van der Waals surface area contributed by atoms with Crippen molar-refractivity contribution in [3.8, 4) is 0 Å². The SMILES string of the molecule is Nc1cc(F)c(C(F)(F)F)cc1CO. The van der Waals surface area contributed by atoms with E-state index < -0.39 is 24.2 Å². The largest absolute Gasteiger partial charge is 0.419 e. The Kier molecular flexibility index (Phi) is 2.66. The first-order valence-electron chi connectivity index (χ1n) is 3.62. The molecular formula is C8H7F4NO. The zero-order chi connectivity index (χ0) is 10.9. The van der Waals surface area contributed by atoms with Gasteiger partial charge < -0.3 is 10.8 Å². The molecule has 0 fully saturated rings. The number of aliphatic hydroxyl groups excluding tert-OH is 1. The summed E-state index contributed by atoms with van der Waals surface area (Å²) in [5.41, 5.74) is 3.42. The molecule has 0 saturated heterocycles. The van der Waals surface area contributed by atoms with Gasteiger partial charge in [-0.15, -0.1) is 0 Å². The second kappa shape index (κ2) is 3.45. The van der Waals surface area contributed by atoms with E-state index in [1.54, 1.807) is 0 Å². The maximum atomic E-state index is 12.8. The van der Waals surface area contributed by atoms with Gasteiger partial charge >= 0.3 is 6.18 Å². The van der Waals surface area contributed by atoms with Gasteiger partial charge in [0.2, 0.25) is 0 Å². The lowest BCUT2D eigenvalue weighted by Crippen LogP contribution is -2.10. The summed E-state index contributed by atoms with van der Waals surface area (Å²) in [7, 11) is 0. The van der Waals surface area contributed by atoms with E-state index in [2.05, 4.69) is 0 Å². The van der Waals surface area contributed by atoms with Crippen LogP contribution in [0.3, 0.4) is 0 Å². The van der Waals surface area contributed by atoms with E-state index >= 15 is 0 Å². The van der Waals surface area contributed by atoms with E-state index in [1.165, 1.54) is 0 Å². The minimum absolute atomic E-state index is 0.140. The Bertz CT molecular complexity index is 348. The van der Waals surface area contributed by atoms with Gasteiger partial charge in [-0.3, -0.25) is 0 Å². The maximum Gasteiger partial charge on any atom is 0.419 e. The third-order valence-electron chi connectivity index (χ3n) is 1.70. The molecule has 78 valence electrons. The highest BCUT2D eigenvalue weighted by Crippen LogP contribution is 2.33. The van der Waals surface area contributed by atoms with Crippen LogP contribution in [0, 0.1) is 5.82 Å². The quantitative estimate of drug-likeness (QED) is 0.548. The highest BCUT2D eigenvalue weighted by molar-refractivity contribution is 5.49. The van der Waals surface area contributed by atoms with Gasteiger partial charge in [0.25, 0.3) is 0 Å². The van der Waals surface area contributed by atoms with Crippen molar-refractivity contribution in [1.82, 2.24) is 0 Å². The third-order valence-corrected chi connectivity index (χ3v) is 1.70. The van der Waals surface area contributed by atoms with Gasteiger partial charge in [0.05, 0.1) is 12.2 Å². The summed E-state index contributed by atoms with van der Waals surface area (Å²) < 4.78 is 49.2. The molecule has 3 N–H and O–H groups in total. The van der Waals surface area contributed by atoms with E-state index in [-0.39, 0.29) is 11.3 Å². The molecule has 0 aliphatic heterocycles. The summed E-state index contributed by atoms with van der Waals surface area (Å²) in [6.45, 7) is -0.658. The van der Waals surface area contributed by atoms with Crippen LogP contribution in [-0.2, 0) is 12.8 Å². The molecule has 0 saturated carbocycles. The normalized spacial score (nSPS) is 11.8. The number of nitrogen functional groups attached to an aromatic ring is 1. The average Bonchev–Trinajstić information content (AvgIpc) is 2.02. The van der Waals surface area contributed by atoms with Crippen LogP contribution in [0.25, 0.3) is 0 Å². The lowest BCUT2D eigenvalue weighted by molar-refractivity contribution is -0.140. The maximum absolute atomic E-state index is 12.8. The molecular weight excluding hydrogens is 202 g/mol. The molecule has 0 heterocycles. The Hall–Kier alpha value is -1.30. The molecule has 1 aromatic carbocycles. The molecule has 0 aliphatic rings. The number of nitrogens with two attached hydrogens (primary N) is 1. The summed E-state index contributed by atoms with van der Waals surface area (Å²) in [5.74, 6) is -1.44. The van der Waals surface area contributed by atoms with Gasteiger partial charge in [-0.1, -0.05) is 0 Å². The van der Waals surface area contributed by atoms with Crippen LogP contribution in [0.1, 0.15) is 11.1 Å². The average molecular weight is 209 g/mol. The lowest BCUT2D eigenvalue weighted by Gasteiger charge is -2.10. The van der Waals surface area contributed by atoms with E-state index in [1.807, 2.05) is 0 Å². The molecule has 0 unspecified atom stereocenters. The molecule has 0 bridgehead atoms. The van der Waals surface area contributed by atoms with Gasteiger partial charge in [-0.2, -0.15) is 13.2 Å². The second-order valence-corrected chi connectivity index (χ2v) is 2.69. The van der Waals surface area contributed by atoms with Crippen molar-refractivity contribution in [3.63, 3.8) is 0 Å². The van der Waals surface area contributed by atoms with E-state index in [0.29, 0.717) is 12.1 Å². The number of hydrogen-bond donors (Lipinski definition) is 2. The van der Waals surface area contributed by atoms with Crippen LogP contribution in [0.2, 0.25) is 0 Å². The van der Waals surface area contributed by atoms with Crippen molar-refractivity contribution in [2.45, 2.75) is 12.8 Å². The molecule has 0 radical (unpaired) electrons. The Morgan fingerprint density at radius 2 is 1.86 bits per heavy atom. The Morgan fingerprint density at radius 3 is 2.29 bits per heavy atom. The fourth-order valence-electron chi connectivity index (χ4n) is 0.988. The summed E-state index contributed by atoms with van der Waals surface area (Å²) >= 11 is 0. The van der Waals surface area contributed by atoms with Crippen LogP contribution in [0.15, 0.2) is 12.1 Å². The topological polar surface area (TPSA) is 46.2 Å². The summed E-state index contributed by atoms with van der Waals surface area (Å²) in [4.78, 5) is 0. The highest BCUT2D eigenvalue weighted by Gasteiger charge is 2.34. The minimum atomic E-state index is -4.78. The molecule has 14 heavy (non-hydrogen) atoms. The lowest BCUT2D eigenvalue weighted by atomic mass is 10.1. The predicted octanol–water partition coefficient (Wildman–Crippen LogP) is 1.92. The summed E-state index contributed by atoms with van der Waals surface area (Å²) in [5, 5.41) is 8.63. The Labute approximate surface area is 77.0 Å². The highest BCUT2D eigenvalue weighted by atomic mass is 19.4. The number of rotatable bonds is 1. The van der Waals surface area contributed by atoms with E-state index in [0.717, 1.165) is 0 Å². The monoisotopic (exact) mass is 209 g/mol. The molecule has 6 heteroatoms. The van der Waals surface area contributed by atoms with Gasteiger partial charge in [-0.25, -0.2) is 4.39 Å². The van der Waals surface area contributed by atoms with Crippen molar-refractivity contribution >= 4 is 5.69 Å². The van der Waals surface area contributed by atoms with Gasteiger partial charge in [-0.05, 0) is 12.1 Å². The first-order chi connectivity index (χ1) is 6.36. The van der Waals surface area contributed by atoms with Crippen molar-refractivity contribution in [3.05, 3.63) is 29.1 Å². The Morgan fingerprint density at radius 1 is 1.29 bits per heavy atom. The molecule has 0 amide bonds. The fraction of sp³-hybridized carbons (Fsp3) is 0.250. The molecule has 0 atom stereocenters. The summed E-state index contributed by atoms with van der Waals surface area (Å²) in [6, 6.07) is 1.05. The smallest absolute Gasteiger partial charge is 0.398 e. The van der Waals surface area contributed by atoms with Crippen LogP contribution in [-0.4, -0.2) is 5.11 Å². The zero-order valence-electron chi connectivity index (χ0n) is 6.90. The molecule has 0 aromatic heterocycles. The number of halogens is 4. The summed E-state index contributed by atoms with van der Waals surface area (Å²) in [6.07, 6.45) is -4.78. The van der Waals surface area contributed by atoms with Gasteiger partial charge in [0, 0.05) is 11.3 Å². The first kappa shape index (κ1) is 10.8. The minimum Gasteiger partial charge on any atom is -0.398 e. The van der Waals surface area contributed by atoms with Gasteiger partial charge in [0.1, 0.15) is 5.82 Å². The first-order valence-corrected chi connectivity index (χ1v) is 3.62. The van der Waals surface area contributed by atoms with Crippen molar-refractivity contribution < 1.29 is 22.7 Å². The van der Waals surface area contributed by atoms with E-state index in [4.69, 9.17) is 10.8 Å². The molecule has 0 aliphatic carbocycles. The van der Waals surface area contributed by atoms with Crippen LogP contribution in [0.4, 0.5) is 23.2 Å². The zero-order valence-corrected chi connectivity index (χ0v) is 6.90. The standard InChI is InChI=1S/C8H7F4NO/c9-6-2-7(13)4(3-14)1-5(6)8(10,11)12/h1-2,14H,3,13H2. The molecule has 0 spiro atoms. The number of alkyl halides is 3. The van der Waals surface area contributed by atoms with E-state index in [9.17, 15) is 17.6 Å². The number of aliphatic hydroxyl groups is 1. The van der Waals surface area contributed by atoms with Crippen molar-refractivity contribution in [1.29, 1.82) is 0 Å². The fourth-order valence-corrected chi connectivity index (χ4v) is 0.988.